The van der Waals surface area contributed by atoms with E-state index in [0.717, 1.165) is 33.3 Å². The third-order valence-electron chi connectivity index (χ3n) is 6.07. The molecule has 35 heavy (non-hydrogen) atoms. The summed E-state index contributed by atoms with van der Waals surface area (Å²) >= 11 is 1.39. The Balaban J connectivity index is 1.41. The van der Waals surface area contributed by atoms with Gasteiger partial charge in [0.05, 0.1) is 24.4 Å². The molecule has 1 aromatic carbocycles. The third kappa shape index (κ3) is 5.54. The first-order chi connectivity index (χ1) is 16.9. The molecule has 3 aromatic rings. The number of fused-ring (bicyclic) bond motifs is 1. The number of carbonyl (C=O) groups excluding carboxylic acids is 2. The van der Waals surface area contributed by atoms with Crippen molar-refractivity contribution in [2.75, 3.05) is 18.5 Å². The van der Waals surface area contributed by atoms with Gasteiger partial charge in [-0.2, -0.15) is 5.26 Å². The molecule has 0 saturated carbocycles. The number of aromatic nitrogens is 2. The molecule has 0 spiro atoms. The maximum atomic E-state index is 12.9. The number of rotatable bonds is 8. The summed E-state index contributed by atoms with van der Waals surface area (Å²) < 4.78 is 7.50. The minimum absolute atomic E-state index is 0.0154. The van der Waals surface area contributed by atoms with E-state index in [2.05, 4.69) is 16.4 Å². The molecule has 2 amide bonds. The molecule has 0 radical (unpaired) electrons. The van der Waals surface area contributed by atoms with Crippen molar-refractivity contribution in [3.63, 3.8) is 0 Å². The number of anilines is 1. The molecular formula is C26H29N5O3S. The van der Waals surface area contributed by atoms with E-state index in [0.29, 0.717) is 43.1 Å². The molecule has 8 nitrogen and oxygen atoms in total. The molecular weight excluding hydrogens is 462 g/mol. The number of ether oxygens (including phenoxy) is 1. The van der Waals surface area contributed by atoms with Crippen molar-refractivity contribution in [3.05, 3.63) is 63.5 Å². The summed E-state index contributed by atoms with van der Waals surface area (Å²) in [5.41, 5.74) is 3.32. The van der Waals surface area contributed by atoms with Gasteiger partial charge in [0.15, 0.2) is 0 Å². The molecule has 9 heteroatoms. The van der Waals surface area contributed by atoms with Crippen LogP contribution in [0.25, 0.3) is 0 Å². The van der Waals surface area contributed by atoms with Gasteiger partial charge in [-0.25, -0.2) is 4.98 Å². The highest BCUT2D eigenvalue weighted by Gasteiger charge is 2.28. The van der Waals surface area contributed by atoms with E-state index in [-0.39, 0.29) is 24.8 Å². The molecule has 1 aliphatic heterocycles. The lowest BCUT2D eigenvalue weighted by Crippen LogP contribution is -2.37. The van der Waals surface area contributed by atoms with Crippen LogP contribution in [-0.4, -0.2) is 39.4 Å². The molecule has 0 atom stereocenters. The number of nitrogens with zero attached hydrogens (tertiary/aromatic N) is 4. The number of hydrogen-bond acceptors (Lipinski definition) is 6. The lowest BCUT2D eigenvalue weighted by Gasteiger charge is -2.27. The predicted molar refractivity (Wildman–Crippen MR) is 134 cm³/mol. The Morgan fingerprint density at radius 2 is 2.09 bits per heavy atom. The van der Waals surface area contributed by atoms with Crippen molar-refractivity contribution in [3.8, 4) is 11.8 Å². The summed E-state index contributed by atoms with van der Waals surface area (Å²) in [6.45, 7) is 7.52. The lowest BCUT2D eigenvalue weighted by atomic mass is 10.0. The average molecular weight is 492 g/mol. The molecule has 0 fully saturated rings. The van der Waals surface area contributed by atoms with Gasteiger partial charge in [-0.1, -0.05) is 18.2 Å². The first-order valence-corrected chi connectivity index (χ1v) is 12.5. The maximum absolute atomic E-state index is 12.9. The maximum Gasteiger partial charge on any atom is 0.242 e. The van der Waals surface area contributed by atoms with Crippen LogP contribution in [0.5, 0.6) is 5.75 Å². The van der Waals surface area contributed by atoms with Crippen molar-refractivity contribution in [1.82, 2.24) is 14.5 Å². The molecule has 0 bridgehead atoms. The standard InChI is InChI=1S/C26H29N5O3S/c1-4-34-22-8-6-5-7-19(22)9-10-24(32)29-26-21(13-27)20-11-12-30(15-23(20)35-26)25(33)16-31-14-17(2)28-18(31)3/h5-8,14H,4,9-12,15-16H2,1-3H3,(H,29,32). The first-order valence-electron chi connectivity index (χ1n) is 11.7. The number of amides is 2. The van der Waals surface area contributed by atoms with Gasteiger partial charge in [-0.05, 0) is 50.8 Å². The highest BCUT2D eigenvalue weighted by Crippen LogP contribution is 2.37. The fraction of sp³-hybridized carbons (Fsp3) is 0.385. The SMILES string of the molecule is CCOc1ccccc1CCC(=O)Nc1sc2c(c1C#N)CCN(C(=O)Cn1cc(C)nc1C)C2. The van der Waals surface area contributed by atoms with Gasteiger partial charge in [-0.15, -0.1) is 11.3 Å². The van der Waals surface area contributed by atoms with Crippen molar-refractivity contribution >= 4 is 28.2 Å². The fourth-order valence-electron chi connectivity index (χ4n) is 4.34. The average Bonchev–Trinajstić information content (AvgIpc) is 3.35. The van der Waals surface area contributed by atoms with Gasteiger partial charge in [-0.3, -0.25) is 9.59 Å². The van der Waals surface area contributed by atoms with Crippen molar-refractivity contribution < 1.29 is 14.3 Å². The van der Waals surface area contributed by atoms with E-state index >= 15 is 0 Å². The van der Waals surface area contributed by atoms with Crippen molar-refractivity contribution in [2.24, 2.45) is 0 Å². The van der Waals surface area contributed by atoms with Crippen LogP contribution in [0.15, 0.2) is 30.5 Å². The number of imidazole rings is 1. The summed E-state index contributed by atoms with van der Waals surface area (Å²) in [4.78, 5) is 32.8. The van der Waals surface area contributed by atoms with Crippen LogP contribution in [0.4, 0.5) is 5.00 Å². The summed E-state index contributed by atoms with van der Waals surface area (Å²) in [6, 6.07) is 9.97. The summed E-state index contributed by atoms with van der Waals surface area (Å²) in [6.07, 6.45) is 3.30. The molecule has 0 saturated heterocycles. The van der Waals surface area contributed by atoms with Crippen LogP contribution < -0.4 is 10.1 Å². The van der Waals surface area contributed by atoms with Gasteiger partial charge in [0, 0.05) is 24.0 Å². The predicted octanol–water partition coefficient (Wildman–Crippen LogP) is 3.99. The smallest absolute Gasteiger partial charge is 0.242 e. The van der Waals surface area contributed by atoms with Crippen LogP contribution in [0.3, 0.4) is 0 Å². The van der Waals surface area contributed by atoms with Crippen LogP contribution in [0.1, 0.15) is 46.4 Å². The Kier molecular flexibility index (Phi) is 7.51. The molecule has 0 unspecified atom stereocenters. The lowest BCUT2D eigenvalue weighted by molar-refractivity contribution is -0.132. The second-order valence-electron chi connectivity index (χ2n) is 8.53. The molecule has 4 rings (SSSR count). The zero-order valence-corrected chi connectivity index (χ0v) is 21.1. The van der Waals surface area contributed by atoms with Crippen molar-refractivity contribution in [2.45, 2.75) is 53.1 Å². The molecule has 1 N–H and O–H groups in total. The Morgan fingerprint density at radius 1 is 1.29 bits per heavy atom. The number of aryl methyl sites for hydroxylation is 3. The zero-order valence-electron chi connectivity index (χ0n) is 20.3. The minimum Gasteiger partial charge on any atom is -0.494 e. The van der Waals surface area contributed by atoms with E-state index in [1.807, 2.05) is 60.7 Å². The second kappa shape index (κ2) is 10.7. The highest BCUT2D eigenvalue weighted by molar-refractivity contribution is 7.16. The number of nitriles is 1. The van der Waals surface area contributed by atoms with E-state index < -0.39 is 0 Å². The van der Waals surface area contributed by atoms with Crippen LogP contribution in [0.2, 0.25) is 0 Å². The zero-order chi connectivity index (χ0) is 24.9. The Labute approximate surface area is 209 Å². The van der Waals surface area contributed by atoms with Crippen LogP contribution in [0, 0.1) is 25.2 Å². The van der Waals surface area contributed by atoms with Crippen LogP contribution in [-0.2, 0) is 35.5 Å². The number of para-hydroxylation sites is 1. The van der Waals surface area contributed by atoms with Gasteiger partial charge >= 0.3 is 0 Å². The monoisotopic (exact) mass is 491 g/mol. The van der Waals surface area contributed by atoms with Gasteiger partial charge in [0.25, 0.3) is 0 Å². The van der Waals surface area contributed by atoms with Crippen LogP contribution >= 0.6 is 11.3 Å². The van der Waals surface area contributed by atoms with Gasteiger partial charge in [0.1, 0.15) is 29.2 Å². The molecule has 1 aliphatic rings. The van der Waals surface area contributed by atoms with Gasteiger partial charge in [0.2, 0.25) is 11.8 Å². The number of thiophene rings is 1. The largest absolute Gasteiger partial charge is 0.494 e. The van der Waals surface area contributed by atoms with E-state index in [4.69, 9.17) is 4.74 Å². The normalized spacial score (nSPS) is 12.7. The van der Waals surface area contributed by atoms with E-state index in [1.165, 1.54) is 11.3 Å². The molecule has 0 aliphatic carbocycles. The Bertz CT molecular complexity index is 1290. The van der Waals surface area contributed by atoms with E-state index in [9.17, 15) is 14.9 Å². The highest BCUT2D eigenvalue weighted by atomic mass is 32.1. The summed E-state index contributed by atoms with van der Waals surface area (Å²) in [5.74, 6) is 1.47. The summed E-state index contributed by atoms with van der Waals surface area (Å²) in [5, 5.41) is 13.3. The summed E-state index contributed by atoms with van der Waals surface area (Å²) in [7, 11) is 0. The number of nitrogens with one attached hydrogen (secondary N) is 1. The second-order valence-corrected chi connectivity index (χ2v) is 9.64. The number of hydrogen-bond donors (Lipinski definition) is 1. The number of carbonyl (C=O) groups is 2. The molecule has 2 aromatic heterocycles. The Hall–Kier alpha value is -3.64. The van der Waals surface area contributed by atoms with E-state index in [1.54, 1.807) is 0 Å². The first kappa shape index (κ1) is 24.5. The third-order valence-corrected chi connectivity index (χ3v) is 7.20. The Morgan fingerprint density at radius 3 is 2.80 bits per heavy atom. The minimum atomic E-state index is -0.148. The topological polar surface area (TPSA) is 100 Å². The van der Waals surface area contributed by atoms with Crippen molar-refractivity contribution in [1.29, 1.82) is 5.26 Å². The molecule has 182 valence electrons. The quantitative estimate of drug-likeness (QED) is 0.514. The fourth-order valence-corrected chi connectivity index (χ4v) is 5.57. The van der Waals surface area contributed by atoms with Gasteiger partial charge < -0.3 is 19.5 Å². The number of benzene rings is 1. The molecule has 3 heterocycles.